The highest BCUT2D eigenvalue weighted by molar-refractivity contribution is 6.20. The van der Waals surface area contributed by atoms with Crippen LogP contribution >= 0.6 is 11.6 Å². The first-order valence-corrected chi connectivity index (χ1v) is 6.31. The van der Waals surface area contributed by atoms with E-state index in [0.717, 1.165) is 31.8 Å². The third-order valence-electron chi connectivity index (χ3n) is 2.42. The molecule has 0 fully saturated rings. The normalized spacial score (nSPS) is 15.0. The standard InChI is InChI=1S/C11H21ClN4/c1-4-5-16-11(14-8-15-16)7-13-10(3)6-9(2)12/h8-10,13H,4-7H2,1-3H3. The van der Waals surface area contributed by atoms with Crippen LogP contribution in [0.25, 0.3) is 0 Å². The number of alkyl halides is 1. The molecule has 0 amide bonds. The molecule has 0 aliphatic carbocycles. The number of aromatic nitrogens is 3. The second-order valence-electron chi connectivity index (χ2n) is 4.20. The molecular formula is C11H21ClN4. The lowest BCUT2D eigenvalue weighted by Crippen LogP contribution is -2.29. The van der Waals surface area contributed by atoms with Gasteiger partial charge in [-0.2, -0.15) is 5.10 Å². The van der Waals surface area contributed by atoms with Crippen molar-refractivity contribution in [1.29, 1.82) is 0 Å². The van der Waals surface area contributed by atoms with Crippen molar-refractivity contribution in [2.45, 2.75) is 58.1 Å². The van der Waals surface area contributed by atoms with E-state index in [0.29, 0.717) is 6.04 Å². The summed E-state index contributed by atoms with van der Waals surface area (Å²) in [6, 6.07) is 0.402. The lowest BCUT2D eigenvalue weighted by molar-refractivity contribution is 0.478. The summed E-state index contributed by atoms with van der Waals surface area (Å²) in [5, 5.41) is 7.80. The van der Waals surface area contributed by atoms with Crippen LogP contribution in [-0.2, 0) is 13.1 Å². The topological polar surface area (TPSA) is 42.7 Å². The minimum Gasteiger partial charge on any atom is -0.307 e. The summed E-state index contributed by atoms with van der Waals surface area (Å²) in [6.07, 6.45) is 3.65. The van der Waals surface area contributed by atoms with Crippen LogP contribution in [0, 0.1) is 0 Å². The Kier molecular flexibility index (Phi) is 5.77. The first-order valence-electron chi connectivity index (χ1n) is 5.87. The van der Waals surface area contributed by atoms with Crippen molar-refractivity contribution in [1.82, 2.24) is 20.1 Å². The molecule has 1 aromatic rings. The van der Waals surface area contributed by atoms with Crippen LogP contribution in [0.5, 0.6) is 0 Å². The number of rotatable bonds is 7. The van der Waals surface area contributed by atoms with E-state index in [4.69, 9.17) is 11.6 Å². The summed E-state index contributed by atoms with van der Waals surface area (Å²) in [5.41, 5.74) is 0. The Labute approximate surface area is 102 Å². The first kappa shape index (κ1) is 13.5. The second-order valence-corrected chi connectivity index (χ2v) is 4.94. The highest BCUT2D eigenvalue weighted by Gasteiger charge is 2.08. The summed E-state index contributed by atoms with van der Waals surface area (Å²) >= 11 is 5.94. The van der Waals surface area contributed by atoms with Crippen molar-refractivity contribution >= 4 is 11.6 Å². The Bertz CT molecular complexity index is 298. The molecule has 0 saturated heterocycles. The molecule has 0 radical (unpaired) electrons. The lowest BCUT2D eigenvalue weighted by Gasteiger charge is -2.14. The van der Waals surface area contributed by atoms with Crippen LogP contribution < -0.4 is 5.32 Å². The molecule has 2 atom stereocenters. The van der Waals surface area contributed by atoms with Gasteiger partial charge in [-0.1, -0.05) is 6.92 Å². The maximum absolute atomic E-state index is 5.94. The van der Waals surface area contributed by atoms with E-state index >= 15 is 0 Å². The van der Waals surface area contributed by atoms with Gasteiger partial charge in [0, 0.05) is 18.0 Å². The monoisotopic (exact) mass is 244 g/mol. The van der Waals surface area contributed by atoms with Crippen LogP contribution in [0.15, 0.2) is 6.33 Å². The molecule has 0 aliphatic rings. The Hall–Kier alpha value is -0.610. The van der Waals surface area contributed by atoms with E-state index in [1.807, 2.05) is 11.6 Å². The van der Waals surface area contributed by atoms with Gasteiger partial charge in [0.1, 0.15) is 12.2 Å². The van der Waals surface area contributed by atoms with Gasteiger partial charge in [0.15, 0.2) is 0 Å². The molecule has 5 heteroatoms. The minimum absolute atomic E-state index is 0.205. The molecule has 2 unspecified atom stereocenters. The van der Waals surface area contributed by atoms with E-state index in [1.54, 1.807) is 6.33 Å². The first-order chi connectivity index (χ1) is 7.63. The number of halogens is 1. The Morgan fingerprint density at radius 3 is 2.88 bits per heavy atom. The smallest absolute Gasteiger partial charge is 0.140 e. The van der Waals surface area contributed by atoms with E-state index in [-0.39, 0.29) is 5.38 Å². The van der Waals surface area contributed by atoms with Crippen molar-refractivity contribution in [3.8, 4) is 0 Å². The van der Waals surface area contributed by atoms with Gasteiger partial charge in [-0.3, -0.25) is 0 Å². The van der Waals surface area contributed by atoms with Gasteiger partial charge >= 0.3 is 0 Å². The molecule has 0 bridgehead atoms. The summed E-state index contributed by atoms with van der Waals surface area (Å²) in [6.45, 7) is 7.97. The van der Waals surface area contributed by atoms with Crippen LogP contribution in [0.4, 0.5) is 0 Å². The molecule has 16 heavy (non-hydrogen) atoms. The van der Waals surface area contributed by atoms with Gasteiger partial charge in [-0.25, -0.2) is 9.67 Å². The number of nitrogens with one attached hydrogen (secondary N) is 1. The molecule has 1 rings (SSSR count). The SMILES string of the molecule is CCCn1ncnc1CNC(C)CC(C)Cl. The number of hydrogen-bond donors (Lipinski definition) is 1. The molecule has 0 aliphatic heterocycles. The van der Waals surface area contributed by atoms with Gasteiger partial charge in [-0.05, 0) is 26.7 Å². The Morgan fingerprint density at radius 1 is 1.50 bits per heavy atom. The fraction of sp³-hybridized carbons (Fsp3) is 0.818. The quantitative estimate of drug-likeness (QED) is 0.748. The summed E-state index contributed by atoms with van der Waals surface area (Å²) in [7, 11) is 0. The van der Waals surface area contributed by atoms with Crippen LogP contribution in [0.1, 0.15) is 39.4 Å². The predicted octanol–water partition coefficient (Wildman–Crippen LogP) is 2.18. The molecular weight excluding hydrogens is 224 g/mol. The zero-order chi connectivity index (χ0) is 12.0. The lowest BCUT2D eigenvalue weighted by atomic mass is 10.2. The fourth-order valence-corrected chi connectivity index (χ4v) is 1.93. The number of nitrogens with zero attached hydrogens (tertiary/aromatic N) is 3. The summed E-state index contributed by atoms with van der Waals surface area (Å²) in [5.74, 6) is 0.996. The Morgan fingerprint density at radius 2 is 2.25 bits per heavy atom. The van der Waals surface area contributed by atoms with Crippen LogP contribution in [0.2, 0.25) is 0 Å². The molecule has 1 N–H and O–H groups in total. The summed E-state index contributed by atoms with van der Waals surface area (Å²) in [4.78, 5) is 4.24. The van der Waals surface area contributed by atoms with E-state index in [1.165, 1.54) is 0 Å². The van der Waals surface area contributed by atoms with Gasteiger partial charge in [-0.15, -0.1) is 11.6 Å². The highest BCUT2D eigenvalue weighted by atomic mass is 35.5. The zero-order valence-corrected chi connectivity index (χ0v) is 11.0. The zero-order valence-electron chi connectivity index (χ0n) is 10.3. The number of hydrogen-bond acceptors (Lipinski definition) is 3. The fourth-order valence-electron chi connectivity index (χ4n) is 1.66. The summed E-state index contributed by atoms with van der Waals surface area (Å²) < 4.78 is 1.95. The van der Waals surface area contributed by atoms with Crippen LogP contribution in [0.3, 0.4) is 0 Å². The molecule has 92 valence electrons. The van der Waals surface area contributed by atoms with Crippen molar-refractivity contribution in [3.63, 3.8) is 0 Å². The molecule has 0 aromatic carbocycles. The van der Waals surface area contributed by atoms with Crippen molar-refractivity contribution < 1.29 is 0 Å². The van der Waals surface area contributed by atoms with Gasteiger partial charge in [0.25, 0.3) is 0 Å². The molecule has 1 aromatic heterocycles. The third-order valence-corrected chi connectivity index (χ3v) is 2.60. The average Bonchev–Trinajstić information content (AvgIpc) is 2.62. The Balaban J connectivity index is 2.38. The second kappa shape index (κ2) is 6.86. The van der Waals surface area contributed by atoms with Crippen LogP contribution in [-0.4, -0.2) is 26.2 Å². The van der Waals surface area contributed by atoms with Gasteiger partial charge in [0.05, 0.1) is 6.54 Å². The average molecular weight is 245 g/mol. The highest BCUT2D eigenvalue weighted by Crippen LogP contribution is 2.05. The van der Waals surface area contributed by atoms with E-state index in [2.05, 4.69) is 29.2 Å². The largest absolute Gasteiger partial charge is 0.307 e. The van der Waals surface area contributed by atoms with Crippen molar-refractivity contribution in [2.75, 3.05) is 0 Å². The maximum atomic E-state index is 5.94. The van der Waals surface area contributed by atoms with Crippen molar-refractivity contribution in [3.05, 3.63) is 12.2 Å². The van der Waals surface area contributed by atoms with E-state index in [9.17, 15) is 0 Å². The van der Waals surface area contributed by atoms with E-state index < -0.39 is 0 Å². The van der Waals surface area contributed by atoms with Crippen molar-refractivity contribution in [2.24, 2.45) is 0 Å². The van der Waals surface area contributed by atoms with Gasteiger partial charge < -0.3 is 5.32 Å². The molecule has 1 heterocycles. The number of aryl methyl sites for hydroxylation is 1. The minimum atomic E-state index is 0.205. The maximum Gasteiger partial charge on any atom is 0.140 e. The molecule has 4 nitrogen and oxygen atoms in total. The molecule has 0 saturated carbocycles. The third kappa shape index (κ3) is 4.49. The van der Waals surface area contributed by atoms with Gasteiger partial charge in [0.2, 0.25) is 0 Å². The predicted molar refractivity (Wildman–Crippen MR) is 66.5 cm³/mol. The molecule has 0 spiro atoms.